The van der Waals surface area contributed by atoms with Gasteiger partial charge in [0, 0.05) is 29.9 Å². The van der Waals surface area contributed by atoms with E-state index < -0.39 is 10.0 Å². The van der Waals surface area contributed by atoms with Gasteiger partial charge in [-0.25, -0.2) is 28.5 Å². The molecule has 0 saturated carbocycles. The van der Waals surface area contributed by atoms with Gasteiger partial charge in [0.1, 0.15) is 0 Å². The second-order valence-corrected chi connectivity index (χ2v) is 9.83. The van der Waals surface area contributed by atoms with Gasteiger partial charge in [-0.1, -0.05) is 25.1 Å². The van der Waals surface area contributed by atoms with E-state index >= 15 is 0 Å². The average molecular weight is 445 g/mol. The van der Waals surface area contributed by atoms with Gasteiger partial charge >= 0.3 is 0 Å². The van der Waals surface area contributed by atoms with Crippen molar-refractivity contribution >= 4 is 38.6 Å². The van der Waals surface area contributed by atoms with Crippen molar-refractivity contribution in [3.05, 3.63) is 47.5 Å². The number of aromatic nitrogens is 5. The van der Waals surface area contributed by atoms with Crippen LogP contribution in [0.15, 0.2) is 40.5 Å². The highest BCUT2D eigenvalue weighted by molar-refractivity contribution is 7.98. The molecule has 4 rings (SSSR count). The fourth-order valence-electron chi connectivity index (χ4n) is 3.43. The Hall–Kier alpha value is -2.43. The molecule has 10 heteroatoms. The van der Waals surface area contributed by atoms with E-state index in [9.17, 15) is 8.42 Å². The van der Waals surface area contributed by atoms with Gasteiger partial charge in [-0.2, -0.15) is 0 Å². The highest BCUT2D eigenvalue weighted by Gasteiger charge is 2.16. The summed E-state index contributed by atoms with van der Waals surface area (Å²) in [4.78, 5) is 13.9. The van der Waals surface area contributed by atoms with Crippen molar-refractivity contribution in [1.29, 1.82) is 0 Å². The second kappa shape index (κ2) is 8.01. The summed E-state index contributed by atoms with van der Waals surface area (Å²) < 4.78 is 27.5. The number of imidazole rings is 2. The number of hydrogen-bond acceptors (Lipinski definition) is 6. The number of primary sulfonamides is 1. The Morgan fingerprint density at radius 2 is 1.93 bits per heavy atom. The minimum absolute atomic E-state index is 0.0731. The van der Waals surface area contributed by atoms with Crippen LogP contribution in [0.2, 0.25) is 0 Å². The van der Waals surface area contributed by atoms with Gasteiger partial charge in [0.15, 0.2) is 5.16 Å². The quantitative estimate of drug-likeness (QED) is 0.438. The number of sulfonamides is 1. The Bertz CT molecular complexity index is 1340. The predicted molar refractivity (Wildman–Crippen MR) is 118 cm³/mol. The largest absolute Gasteiger partial charge is 0.319 e. The lowest BCUT2D eigenvalue weighted by atomic mass is 10.3. The third-order valence-corrected chi connectivity index (χ3v) is 6.83. The Balaban J connectivity index is 1.67. The normalized spacial score (nSPS) is 12.3. The van der Waals surface area contributed by atoms with Gasteiger partial charge in [-0.15, -0.1) is 0 Å². The van der Waals surface area contributed by atoms with Crippen LogP contribution in [0.3, 0.4) is 0 Å². The van der Waals surface area contributed by atoms with E-state index in [0.29, 0.717) is 17.0 Å². The molecule has 0 fully saturated rings. The van der Waals surface area contributed by atoms with Crippen LogP contribution in [0.5, 0.6) is 0 Å². The summed E-state index contributed by atoms with van der Waals surface area (Å²) in [5.41, 5.74) is 4.48. The fourth-order valence-corrected chi connectivity index (χ4v) is 4.89. The lowest BCUT2D eigenvalue weighted by Gasteiger charge is -2.07. The minimum atomic E-state index is -3.77. The molecule has 1 aromatic carbocycles. The number of benzene rings is 1. The topological polar surface area (TPSA) is 108 Å². The van der Waals surface area contributed by atoms with Crippen molar-refractivity contribution in [2.45, 2.75) is 56.0 Å². The first kappa shape index (κ1) is 20.8. The number of aryl methyl sites for hydroxylation is 3. The maximum atomic E-state index is 11.7. The van der Waals surface area contributed by atoms with E-state index in [-0.39, 0.29) is 4.90 Å². The molecule has 0 atom stereocenters. The third-order valence-electron chi connectivity index (χ3n) is 4.91. The summed E-state index contributed by atoms with van der Waals surface area (Å²) in [6.07, 6.45) is 4.06. The molecular formula is C20H24N6O2S2. The number of thioether (sulfide) groups is 1. The molecule has 0 spiro atoms. The van der Waals surface area contributed by atoms with Gasteiger partial charge < -0.3 is 4.57 Å². The van der Waals surface area contributed by atoms with Crippen molar-refractivity contribution in [2.24, 2.45) is 5.14 Å². The molecule has 2 N–H and O–H groups in total. The summed E-state index contributed by atoms with van der Waals surface area (Å²) in [5.74, 6) is 1.33. The van der Waals surface area contributed by atoms with Crippen LogP contribution in [-0.4, -0.2) is 32.3 Å². The van der Waals surface area contributed by atoms with Crippen LogP contribution < -0.4 is 5.14 Å². The molecular weight excluding hydrogens is 420 g/mol. The van der Waals surface area contributed by atoms with E-state index in [1.165, 1.54) is 12.1 Å². The summed E-state index contributed by atoms with van der Waals surface area (Å²) in [6, 6.07) is 6.88. The molecule has 0 aliphatic heterocycles. The minimum Gasteiger partial charge on any atom is -0.319 e. The molecule has 0 radical (unpaired) electrons. The van der Waals surface area contributed by atoms with Gasteiger partial charge in [-0.05, 0) is 44.5 Å². The molecule has 4 aromatic rings. The summed E-state index contributed by atoms with van der Waals surface area (Å²) in [6.45, 7) is 6.95. The molecule has 0 aliphatic carbocycles. The summed E-state index contributed by atoms with van der Waals surface area (Å²) in [5, 5.41) is 6.12. The molecule has 8 nitrogen and oxygen atoms in total. The first-order valence-electron chi connectivity index (χ1n) is 9.74. The zero-order valence-electron chi connectivity index (χ0n) is 17.2. The maximum Gasteiger partial charge on any atom is 0.238 e. The second-order valence-electron chi connectivity index (χ2n) is 7.32. The first-order chi connectivity index (χ1) is 14.3. The lowest BCUT2D eigenvalue weighted by Crippen LogP contribution is -2.11. The van der Waals surface area contributed by atoms with Crippen LogP contribution >= 0.6 is 11.8 Å². The maximum absolute atomic E-state index is 11.7. The van der Waals surface area contributed by atoms with Gasteiger partial charge in [-0.3, -0.25) is 4.40 Å². The molecule has 30 heavy (non-hydrogen) atoms. The van der Waals surface area contributed by atoms with E-state index in [2.05, 4.69) is 21.5 Å². The van der Waals surface area contributed by atoms with Crippen molar-refractivity contribution in [1.82, 2.24) is 23.9 Å². The zero-order valence-corrected chi connectivity index (χ0v) is 18.8. The van der Waals surface area contributed by atoms with Crippen molar-refractivity contribution in [3.8, 4) is 0 Å². The molecule has 3 aromatic heterocycles. The van der Waals surface area contributed by atoms with E-state index in [0.717, 1.165) is 47.1 Å². The fraction of sp³-hybridized carbons (Fsp3) is 0.350. The molecule has 0 bridgehead atoms. The molecule has 158 valence electrons. The monoisotopic (exact) mass is 444 g/mol. The van der Waals surface area contributed by atoms with Crippen LogP contribution in [0.1, 0.15) is 36.8 Å². The number of nitrogens with two attached hydrogens (primary N) is 1. The molecule has 0 amide bonds. The Morgan fingerprint density at radius 3 is 2.67 bits per heavy atom. The lowest BCUT2D eigenvalue weighted by molar-refractivity contribution is 0.597. The van der Waals surface area contributed by atoms with Crippen LogP contribution in [0.4, 0.5) is 0 Å². The van der Waals surface area contributed by atoms with Gasteiger partial charge in [0.2, 0.25) is 15.8 Å². The third kappa shape index (κ3) is 4.07. The van der Waals surface area contributed by atoms with Crippen molar-refractivity contribution in [3.63, 3.8) is 0 Å². The molecule has 0 saturated heterocycles. The number of hydrogen-bond donors (Lipinski definition) is 1. The van der Waals surface area contributed by atoms with Gasteiger partial charge in [0.05, 0.1) is 21.6 Å². The van der Waals surface area contributed by atoms with Gasteiger partial charge in [0.25, 0.3) is 0 Å². The number of unbranched alkanes of at least 4 members (excludes halogenated alkanes) is 1. The van der Waals surface area contributed by atoms with E-state index in [4.69, 9.17) is 10.1 Å². The van der Waals surface area contributed by atoms with E-state index in [1.807, 2.05) is 30.5 Å². The van der Waals surface area contributed by atoms with Crippen LogP contribution in [0.25, 0.3) is 16.8 Å². The first-order valence-corrected chi connectivity index (χ1v) is 12.3. The Labute approximate surface area is 179 Å². The van der Waals surface area contributed by atoms with Crippen molar-refractivity contribution in [2.75, 3.05) is 0 Å². The zero-order chi connectivity index (χ0) is 21.5. The Kier molecular flexibility index (Phi) is 5.56. The average Bonchev–Trinajstić information content (AvgIpc) is 3.24. The molecule has 0 aliphatic rings. The number of fused-ring (bicyclic) bond motifs is 2. The highest BCUT2D eigenvalue weighted by atomic mass is 32.2. The predicted octanol–water partition coefficient (Wildman–Crippen LogP) is 3.44. The number of rotatable bonds is 7. The van der Waals surface area contributed by atoms with Crippen LogP contribution in [0, 0.1) is 13.8 Å². The molecule has 0 unspecified atom stereocenters. The summed E-state index contributed by atoms with van der Waals surface area (Å²) in [7, 11) is -3.77. The Morgan fingerprint density at radius 1 is 1.13 bits per heavy atom. The van der Waals surface area contributed by atoms with Crippen LogP contribution in [-0.2, 0) is 22.3 Å². The van der Waals surface area contributed by atoms with Crippen molar-refractivity contribution < 1.29 is 8.42 Å². The standard InChI is InChI=1S/C20H24N6O2S2/c1-4-5-8-25-18-7-6-16(30(21,27)28)10-17(18)24-20(25)29-12-15-11-26-14(3)9-13(2)22-19(26)23-15/h6-7,9-11H,4-5,8,12H2,1-3H3,(H2,21,27,28). The smallest absolute Gasteiger partial charge is 0.238 e. The summed E-state index contributed by atoms with van der Waals surface area (Å²) >= 11 is 1.58. The SMILES string of the molecule is CCCCn1c(SCc2cn3c(C)cc(C)nc3n2)nc2cc(S(N)(=O)=O)ccc21. The van der Waals surface area contributed by atoms with E-state index in [1.54, 1.807) is 17.8 Å². The highest BCUT2D eigenvalue weighted by Crippen LogP contribution is 2.28. The number of nitrogens with zero attached hydrogens (tertiary/aromatic N) is 5. The molecule has 3 heterocycles.